The van der Waals surface area contributed by atoms with Gasteiger partial charge in [-0.15, -0.1) is 11.3 Å². The summed E-state index contributed by atoms with van der Waals surface area (Å²) in [6.45, 7) is 7.88. The molecule has 1 unspecified atom stereocenters. The van der Waals surface area contributed by atoms with Gasteiger partial charge in [0.1, 0.15) is 0 Å². The third kappa shape index (κ3) is 4.29. The number of alkyl halides is 1. The van der Waals surface area contributed by atoms with Gasteiger partial charge in [-0.25, -0.2) is 18.1 Å². The van der Waals surface area contributed by atoms with Crippen LogP contribution < -0.4 is 4.72 Å². The van der Waals surface area contributed by atoms with Crippen LogP contribution in [0.2, 0.25) is 0 Å². The fourth-order valence-corrected chi connectivity index (χ4v) is 4.55. The fourth-order valence-electron chi connectivity index (χ4n) is 1.49. The van der Waals surface area contributed by atoms with Crippen molar-refractivity contribution in [1.29, 1.82) is 0 Å². The summed E-state index contributed by atoms with van der Waals surface area (Å²) in [4.78, 5) is 3.99. The third-order valence-electron chi connectivity index (χ3n) is 2.61. The minimum atomic E-state index is -3.46. The molecule has 1 N–H and O–H groups in total. The van der Waals surface area contributed by atoms with Crippen molar-refractivity contribution in [3.05, 3.63) is 11.2 Å². The van der Waals surface area contributed by atoms with E-state index in [1.807, 2.05) is 20.8 Å². The second kappa shape index (κ2) is 5.98. The largest absolute Gasteiger partial charge is 0.251 e. The number of halogens is 1. The molecule has 0 spiro atoms. The Kier molecular flexibility index (Phi) is 5.34. The maximum atomic E-state index is 12.2. The molecule has 0 aliphatic heterocycles. The Morgan fingerprint density at radius 1 is 1.50 bits per heavy atom. The van der Waals surface area contributed by atoms with Crippen molar-refractivity contribution in [1.82, 2.24) is 9.71 Å². The number of hydrogen-bond acceptors (Lipinski definition) is 4. The molecule has 1 rings (SSSR count). The topological polar surface area (TPSA) is 59.1 Å². The highest BCUT2D eigenvalue weighted by molar-refractivity contribution is 9.09. The highest BCUT2D eigenvalue weighted by Crippen LogP contribution is 2.26. The van der Waals surface area contributed by atoms with Crippen molar-refractivity contribution in [2.75, 3.05) is 5.33 Å². The lowest BCUT2D eigenvalue weighted by molar-refractivity contribution is 0.293. The molecule has 4 nitrogen and oxygen atoms in total. The molecule has 0 amide bonds. The van der Waals surface area contributed by atoms with E-state index >= 15 is 0 Å². The first-order chi connectivity index (χ1) is 8.16. The Balaban J connectivity index is 2.93. The van der Waals surface area contributed by atoms with Gasteiger partial charge in [0.2, 0.25) is 0 Å². The maximum absolute atomic E-state index is 12.2. The van der Waals surface area contributed by atoms with Crippen molar-refractivity contribution >= 4 is 37.3 Å². The van der Waals surface area contributed by atoms with Gasteiger partial charge >= 0.3 is 0 Å². The van der Waals surface area contributed by atoms with E-state index in [9.17, 15) is 8.42 Å². The van der Waals surface area contributed by atoms with Crippen molar-refractivity contribution in [3.63, 3.8) is 0 Å². The minimum absolute atomic E-state index is 0.107. The predicted molar refractivity (Wildman–Crippen MR) is 78.8 cm³/mol. The number of nitrogens with zero attached hydrogens (tertiary/aromatic N) is 1. The van der Waals surface area contributed by atoms with Crippen LogP contribution in [0.15, 0.2) is 10.4 Å². The Hall–Kier alpha value is 0.0200. The molecule has 1 aromatic heterocycles. The van der Waals surface area contributed by atoms with Crippen molar-refractivity contribution in [2.45, 2.75) is 44.4 Å². The van der Waals surface area contributed by atoms with Gasteiger partial charge in [0.25, 0.3) is 10.0 Å². The van der Waals surface area contributed by atoms with Gasteiger partial charge < -0.3 is 0 Å². The Labute approximate surface area is 121 Å². The second-order valence-corrected chi connectivity index (χ2v) is 9.18. The van der Waals surface area contributed by atoms with Crippen LogP contribution in [0.4, 0.5) is 0 Å². The van der Waals surface area contributed by atoms with Gasteiger partial charge in [-0.1, -0.05) is 36.7 Å². The van der Waals surface area contributed by atoms with E-state index in [4.69, 9.17) is 0 Å². The average Bonchev–Trinajstić information content (AvgIpc) is 2.63. The summed E-state index contributed by atoms with van der Waals surface area (Å²) in [7, 11) is -3.46. The summed E-state index contributed by atoms with van der Waals surface area (Å²) in [5.41, 5.74) is -0.124. The molecular weight excluding hydrogens is 336 g/mol. The number of aryl methyl sites for hydroxylation is 1. The molecule has 0 fully saturated rings. The third-order valence-corrected chi connectivity index (χ3v) is 5.91. The molecule has 1 aromatic rings. The van der Waals surface area contributed by atoms with E-state index in [1.54, 1.807) is 6.92 Å². The van der Waals surface area contributed by atoms with Crippen molar-refractivity contribution < 1.29 is 8.42 Å². The number of rotatable bonds is 5. The Bertz CT molecular complexity index is 491. The van der Waals surface area contributed by atoms with Crippen LogP contribution in [0.1, 0.15) is 32.2 Å². The number of nitrogens with one attached hydrogen (secondary N) is 1. The first-order valence-electron chi connectivity index (χ1n) is 5.67. The molecule has 7 heteroatoms. The van der Waals surface area contributed by atoms with E-state index in [0.717, 1.165) is 16.8 Å². The van der Waals surface area contributed by atoms with Crippen LogP contribution in [-0.2, 0) is 10.0 Å². The predicted octanol–water partition coefficient (Wildman–Crippen LogP) is 2.93. The van der Waals surface area contributed by atoms with E-state index in [1.165, 1.54) is 17.5 Å². The van der Waals surface area contributed by atoms with Crippen molar-refractivity contribution in [3.8, 4) is 0 Å². The number of aromatic nitrogens is 1. The molecule has 0 bridgehead atoms. The molecule has 0 aliphatic carbocycles. The smallest absolute Gasteiger partial charge is 0.249 e. The fraction of sp³-hybridized carbons (Fsp3) is 0.727. The number of sulfonamides is 1. The van der Waals surface area contributed by atoms with E-state index in [2.05, 4.69) is 25.6 Å². The molecule has 0 aliphatic rings. The van der Waals surface area contributed by atoms with Crippen LogP contribution >= 0.6 is 27.3 Å². The van der Waals surface area contributed by atoms with Crippen molar-refractivity contribution in [2.24, 2.45) is 5.41 Å². The van der Waals surface area contributed by atoms with Crippen LogP contribution in [0.25, 0.3) is 0 Å². The molecule has 1 heterocycles. The van der Waals surface area contributed by atoms with Gasteiger partial charge in [-0.3, -0.25) is 0 Å². The van der Waals surface area contributed by atoms with Gasteiger partial charge in [-0.2, -0.15) is 0 Å². The Morgan fingerprint density at radius 3 is 2.50 bits per heavy atom. The summed E-state index contributed by atoms with van der Waals surface area (Å²) >= 11 is 4.56. The Morgan fingerprint density at radius 2 is 2.11 bits per heavy atom. The number of thiazole rings is 1. The molecule has 1 atom stereocenters. The van der Waals surface area contributed by atoms with E-state index in [-0.39, 0.29) is 15.7 Å². The standard InChI is InChI=1S/C11H19BrN2O2S2/c1-8-13-7-10(17-8)18(15,16)14-9(5-6-12)11(2,3)4/h7,9,14H,5-6H2,1-4H3. The van der Waals surface area contributed by atoms with Crippen LogP contribution in [0.3, 0.4) is 0 Å². The molecule has 18 heavy (non-hydrogen) atoms. The normalized spacial score (nSPS) is 14.7. The van der Waals surface area contributed by atoms with Gasteiger partial charge in [0.05, 0.1) is 11.2 Å². The molecule has 0 saturated carbocycles. The summed E-state index contributed by atoms with van der Waals surface area (Å²) in [5, 5.41) is 1.52. The SMILES string of the molecule is Cc1ncc(S(=O)(=O)NC(CCBr)C(C)(C)C)s1. The summed E-state index contributed by atoms with van der Waals surface area (Å²) in [5.74, 6) is 0. The first-order valence-corrected chi connectivity index (χ1v) is 9.09. The summed E-state index contributed by atoms with van der Waals surface area (Å²) < 4.78 is 27.5. The highest BCUT2D eigenvalue weighted by Gasteiger charge is 2.29. The van der Waals surface area contributed by atoms with E-state index in [0.29, 0.717) is 0 Å². The van der Waals surface area contributed by atoms with Gasteiger partial charge in [-0.05, 0) is 18.8 Å². The quantitative estimate of drug-likeness (QED) is 0.827. The lowest BCUT2D eigenvalue weighted by Crippen LogP contribution is -2.43. The average molecular weight is 355 g/mol. The molecule has 0 aromatic carbocycles. The summed E-state index contributed by atoms with van der Waals surface area (Å²) in [6.07, 6.45) is 2.16. The lowest BCUT2D eigenvalue weighted by Gasteiger charge is -2.30. The zero-order valence-electron chi connectivity index (χ0n) is 11.0. The molecule has 0 saturated heterocycles. The molecular formula is C11H19BrN2O2S2. The molecule has 0 radical (unpaired) electrons. The van der Waals surface area contributed by atoms with Crippen LogP contribution in [0.5, 0.6) is 0 Å². The highest BCUT2D eigenvalue weighted by atomic mass is 79.9. The van der Waals surface area contributed by atoms with Gasteiger partial charge in [0.15, 0.2) is 4.21 Å². The zero-order valence-corrected chi connectivity index (χ0v) is 14.2. The van der Waals surface area contributed by atoms with Gasteiger partial charge in [0, 0.05) is 11.4 Å². The minimum Gasteiger partial charge on any atom is -0.249 e. The van der Waals surface area contributed by atoms with E-state index < -0.39 is 10.0 Å². The monoisotopic (exact) mass is 354 g/mol. The van der Waals surface area contributed by atoms with Crippen LogP contribution in [0, 0.1) is 12.3 Å². The number of hydrogen-bond donors (Lipinski definition) is 1. The molecule has 104 valence electrons. The maximum Gasteiger partial charge on any atom is 0.251 e. The van der Waals surface area contributed by atoms with Crippen LogP contribution in [-0.4, -0.2) is 24.8 Å². The zero-order chi connectivity index (χ0) is 14.0. The first kappa shape index (κ1) is 16.1. The lowest BCUT2D eigenvalue weighted by atomic mass is 9.86. The second-order valence-electron chi connectivity index (χ2n) is 5.22. The summed E-state index contributed by atoms with van der Waals surface area (Å²) in [6, 6.07) is -0.107.